The Morgan fingerprint density at radius 3 is 2.70 bits per heavy atom. The lowest BCUT2D eigenvalue weighted by Gasteiger charge is -2.18. The van der Waals surface area contributed by atoms with Crippen LogP contribution in [0.25, 0.3) is 10.2 Å². The van der Waals surface area contributed by atoms with Crippen LogP contribution in [0.3, 0.4) is 0 Å². The summed E-state index contributed by atoms with van der Waals surface area (Å²) in [6.07, 6.45) is 1.33. The average molecular weight is 404 g/mol. The lowest BCUT2D eigenvalue weighted by atomic mass is 10.1. The fourth-order valence-corrected chi connectivity index (χ4v) is 4.38. The standard InChI is InChI=1S/C18H16N2O5S2/c1-27(22,23)12-3-4-13-16(10-12)26-18(19-13)20-17(21)9-11-2-5-14-15(8-11)25-7-6-24-14/h2-5,8,10H,6-7,9H2,1H3,(H,19,20,21). The number of carbonyl (C=O) groups excluding carboxylic acids is 1. The number of rotatable bonds is 4. The van der Waals surface area contributed by atoms with E-state index in [1.165, 1.54) is 17.4 Å². The van der Waals surface area contributed by atoms with E-state index in [2.05, 4.69) is 10.3 Å². The third-order valence-corrected chi connectivity index (χ3v) is 6.05. The number of hydrogen-bond donors (Lipinski definition) is 1. The molecule has 1 amide bonds. The van der Waals surface area contributed by atoms with Crippen molar-refractivity contribution < 1.29 is 22.7 Å². The summed E-state index contributed by atoms with van der Waals surface area (Å²) >= 11 is 1.24. The molecule has 0 bridgehead atoms. The van der Waals surface area contributed by atoms with Crippen molar-refractivity contribution in [1.29, 1.82) is 0 Å². The quantitative estimate of drug-likeness (QED) is 0.718. The number of nitrogens with one attached hydrogen (secondary N) is 1. The van der Waals surface area contributed by atoms with Gasteiger partial charge in [-0.2, -0.15) is 0 Å². The Bertz CT molecular complexity index is 1140. The fourth-order valence-electron chi connectivity index (χ4n) is 2.74. The molecule has 7 nitrogen and oxygen atoms in total. The summed E-state index contributed by atoms with van der Waals surface area (Å²) in [5.41, 5.74) is 1.44. The van der Waals surface area contributed by atoms with Gasteiger partial charge in [0.25, 0.3) is 0 Å². The summed E-state index contributed by atoms with van der Waals surface area (Å²) in [5.74, 6) is 1.10. The number of aromatic nitrogens is 1. The zero-order chi connectivity index (χ0) is 19.0. The summed E-state index contributed by atoms with van der Waals surface area (Å²) in [5, 5.41) is 3.19. The van der Waals surface area contributed by atoms with Crippen LogP contribution in [-0.4, -0.2) is 38.8 Å². The van der Waals surface area contributed by atoms with Gasteiger partial charge in [0, 0.05) is 6.26 Å². The van der Waals surface area contributed by atoms with Gasteiger partial charge in [-0.1, -0.05) is 17.4 Å². The number of thiazole rings is 1. The van der Waals surface area contributed by atoms with Crippen LogP contribution in [0.4, 0.5) is 5.13 Å². The van der Waals surface area contributed by atoms with E-state index in [4.69, 9.17) is 9.47 Å². The molecule has 3 aromatic rings. The Kier molecular flexibility index (Phi) is 4.48. The van der Waals surface area contributed by atoms with Crippen molar-refractivity contribution in [2.24, 2.45) is 0 Å². The van der Waals surface area contributed by atoms with E-state index < -0.39 is 9.84 Å². The van der Waals surface area contributed by atoms with Crippen molar-refractivity contribution in [2.75, 3.05) is 24.8 Å². The second-order valence-electron chi connectivity index (χ2n) is 6.12. The van der Waals surface area contributed by atoms with Crippen LogP contribution in [0.15, 0.2) is 41.3 Å². The molecular formula is C18H16N2O5S2. The molecule has 1 aromatic heterocycles. The van der Waals surface area contributed by atoms with Gasteiger partial charge in [-0.15, -0.1) is 0 Å². The average Bonchev–Trinajstić information content (AvgIpc) is 3.02. The van der Waals surface area contributed by atoms with Gasteiger partial charge in [0.15, 0.2) is 26.5 Å². The smallest absolute Gasteiger partial charge is 0.230 e. The molecule has 0 radical (unpaired) electrons. The van der Waals surface area contributed by atoms with E-state index >= 15 is 0 Å². The molecule has 0 atom stereocenters. The van der Waals surface area contributed by atoms with Gasteiger partial charge < -0.3 is 14.8 Å². The maximum atomic E-state index is 12.3. The van der Waals surface area contributed by atoms with Gasteiger partial charge in [0.05, 0.1) is 21.5 Å². The predicted octanol–water partition coefficient (Wildman–Crippen LogP) is 2.65. The van der Waals surface area contributed by atoms with E-state index in [0.29, 0.717) is 40.1 Å². The first-order chi connectivity index (χ1) is 12.9. The molecule has 0 saturated carbocycles. The molecular weight excluding hydrogens is 388 g/mol. The molecule has 2 aromatic carbocycles. The zero-order valence-corrected chi connectivity index (χ0v) is 16.0. The number of anilines is 1. The van der Waals surface area contributed by atoms with Gasteiger partial charge in [0.2, 0.25) is 5.91 Å². The Morgan fingerprint density at radius 2 is 1.93 bits per heavy atom. The minimum absolute atomic E-state index is 0.168. The second kappa shape index (κ2) is 6.82. The molecule has 0 spiro atoms. The molecule has 27 heavy (non-hydrogen) atoms. The molecule has 1 aliphatic rings. The Morgan fingerprint density at radius 1 is 1.15 bits per heavy atom. The Hall–Kier alpha value is -2.65. The van der Waals surface area contributed by atoms with Gasteiger partial charge in [-0.25, -0.2) is 13.4 Å². The maximum Gasteiger partial charge on any atom is 0.230 e. The van der Waals surface area contributed by atoms with E-state index in [1.54, 1.807) is 24.3 Å². The minimum atomic E-state index is -3.29. The van der Waals surface area contributed by atoms with E-state index in [0.717, 1.165) is 11.8 Å². The van der Waals surface area contributed by atoms with Crippen molar-refractivity contribution >= 4 is 42.4 Å². The van der Waals surface area contributed by atoms with Crippen molar-refractivity contribution in [1.82, 2.24) is 4.98 Å². The van der Waals surface area contributed by atoms with Gasteiger partial charge >= 0.3 is 0 Å². The van der Waals surface area contributed by atoms with Crippen LogP contribution < -0.4 is 14.8 Å². The first-order valence-corrected chi connectivity index (χ1v) is 10.9. The highest BCUT2D eigenvalue weighted by Gasteiger charge is 2.15. The highest BCUT2D eigenvalue weighted by atomic mass is 32.2. The highest BCUT2D eigenvalue weighted by molar-refractivity contribution is 7.90. The molecule has 140 valence electrons. The Labute approximate surface area is 159 Å². The van der Waals surface area contributed by atoms with Crippen molar-refractivity contribution in [3.05, 3.63) is 42.0 Å². The van der Waals surface area contributed by atoms with Crippen LogP contribution >= 0.6 is 11.3 Å². The highest BCUT2D eigenvalue weighted by Crippen LogP contribution is 2.31. The largest absolute Gasteiger partial charge is 0.486 e. The van der Waals surface area contributed by atoms with Crippen LogP contribution in [0.2, 0.25) is 0 Å². The van der Waals surface area contributed by atoms with Crippen LogP contribution in [0, 0.1) is 0 Å². The number of fused-ring (bicyclic) bond motifs is 2. The van der Waals surface area contributed by atoms with Crippen LogP contribution in [0.1, 0.15) is 5.56 Å². The topological polar surface area (TPSA) is 94.6 Å². The minimum Gasteiger partial charge on any atom is -0.486 e. The van der Waals surface area contributed by atoms with Crippen molar-refractivity contribution in [2.45, 2.75) is 11.3 Å². The summed E-state index contributed by atoms with van der Waals surface area (Å²) in [6, 6.07) is 10.1. The summed E-state index contributed by atoms with van der Waals surface area (Å²) in [4.78, 5) is 16.9. The van der Waals surface area contributed by atoms with E-state index in [9.17, 15) is 13.2 Å². The van der Waals surface area contributed by atoms with Crippen molar-refractivity contribution in [3.8, 4) is 11.5 Å². The van der Waals surface area contributed by atoms with Crippen LogP contribution in [0.5, 0.6) is 11.5 Å². The van der Waals surface area contributed by atoms with Gasteiger partial charge in [-0.3, -0.25) is 4.79 Å². The molecule has 0 fully saturated rings. The van der Waals surface area contributed by atoms with E-state index in [1.807, 2.05) is 6.07 Å². The Balaban J connectivity index is 1.49. The fraction of sp³-hybridized carbons (Fsp3) is 0.222. The first kappa shape index (κ1) is 17.7. The van der Waals surface area contributed by atoms with Crippen molar-refractivity contribution in [3.63, 3.8) is 0 Å². The first-order valence-electron chi connectivity index (χ1n) is 8.17. The molecule has 9 heteroatoms. The lowest BCUT2D eigenvalue weighted by Crippen LogP contribution is -2.17. The molecule has 1 aliphatic heterocycles. The van der Waals surface area contributed by atoms with Gasteiger partial charge in [-0.05, 0) is 35.9 Å². The molecule has 2 heterocycles. The number of benzene rings is 2. The van der Waals surface area contributed by atoms with E-state index in [-0.39, 0.29) is 17.2 Å². The monoisotopic (exact) mass is 404 g/mol. The number of hydrogen-bond acceptors (Lipinski definition) is 7. The predicted molar refractivity (Wildman–Crippen MR) is 102 cm³/mol. The van der Waals surface area contributed by atoms with Gasteiger partial charge in [0.1, 0.15) is 13.2 Å². The summed E-state index contributed by atoms with van der Waals surface area (Å²) in [7, 11) is -3.29. The normalized spacial score (nSPS) is 13.5. The zero-order valence-electron chi connectivity index (χ0n) is 14.4. The molecule has 1 N–H and O–H groups in total. The number of amides is 1. The third kappa shape index (κ3) is 3.88. The maximum absolute atomic E-state index is 12.3. The molecule has 0 unspecified atom stereocenters. The third-order valence-electron chi connectivity index (χ3n) is 4.01. The SMILES string of the molecule is CS(=O)(=O)c1ccc2nc(NC(=O)Cc3ccc4c(c3)OCCO4)sc2c1. The molecule has 0 saturated heterocycles. The summed E-state index contributed by atoms with van der Waals surface area (Å²) < 4.78 is 35.0. The van der Waals surface area contributed by atoms with Crippen LogP contribution in [-0.2, 0) is 21.1 Å². The lowest BCUT2D eigenvalue weighted by molar-refractivity contribution is -0.115. The number of carbonyl (C=O) groups is 1. The molecule has 4 rings (SSSR count). The number of nitrogens with zero attached hydrogens (tertiary/aromatic N) is 1. The summed E-state index contributed by atoms with van der Waals surface area (Å²) in [6.45, 7) is 1.01. The second-order valence-corrected chi connectivity index (χ2v) is 9.17. The number of sulfone groups is 1. The molecule has 0 aliphatic carbocycles. The number of ether oxygens (including phenoxy) is 2.